The quantitative estimate of drug-likeness (QED) is 0.839. The molecule has 0 spiro atoms. The molecule has 1 amide bonds. The molecule has 2 aliphatic carbocycles. The number of nitrogens with two attached hydrogens (primary N) is 1. The van der Waals surface area contributed by atoms with Crippen LogP contribution in [-0.2, 0) is 11.2 Å². The maximum atomic E-state index is 12.7. The maximum Gasteiger partial charge on any atom is 0.231 e. The normalized spacial score (nSPS) is 28.3. The molecule has 138 valence electrons. The molecule has 2 bridgehead atoms. The first-order chi connectivity index (χ1) is 12.2. The highest BCUT2D eigenvalue weighted by atomic mass is 35.5. The Bertz CT molecular complexity index is 838. The topological polar surface area (TPSA) is 77.2 Å². The molecule has 7 heteroatoms. The van der Waals surface area contributed by atoms with Gasteiger partial charge < -0.3 is 15.8 Å². The third kappa shape index (κ3) is 2.90. The molecule has 4 atom stereocenters. The van der Waals surface area contributed by atoms with Crippen LogP contribution >= 0.6 is 23.7 Å². The van der Waals surface area contributed by atoms with Gasteiger partial charge in [0.2, 0.25) is 5.91 Å². The Kier molecular flexibility index (Phi) is 4.67. The van der Waals surface area contributed by atoms with Gasteiger partial charge in [-0.25, -0.2) is 4.98 Å². The number of ether oxygens (including phenoxy) is 1. The van der Waals surface area contributed by atoms with Crippen LogP contribution in [0.5, 0.6) is 5.75 Å². The van der Waals surface area contributed by atoms with E-state index in [-0.39, 0.29) is 30.3 Å². The molecule has 5 rings (SSSR count). The van der Waals surface area contributed by atoms with Gasteiger partial charge in [0.1, 0.15) is 5.75 Å². The zero-order valence-corrected chi connectivity index (χ0v) is 15.9. The molecule has 0 radical (unpaired) electrons. The molecular formula is C19H22ClN3O2S. The number of hydrogen-bond acceptors (Lipinski definition) is 5. The molecule has 2 fully saturated rings. The number of fused-ring (bicyclic) bond motifs is 3. The number of benzene rings is 1. The first-order valence-electron chi connectivity index (χ1n) is 8.97. The number of carbonyl (C=O) groups is 1. The fourth-order valence-electron chi connectivity index (χ4n) is 4.72. The zero-order chi connectivity index (χ0) is 17.0. The van der Waals surface area contributed by atoms with Gasteiger partial charge in [-0.2, -0.15) is 0 Å². The van der Waals surface area contributed by atoms with E-state index in [0.29, 0.717) is 17.0 Å². The minimum absolute atomic E-state index is 0. The summed E-state index contributed by atoms with van der Waals surface area (Å²) in [7, 11) is 0. The highest BCUT2D eigenvalue weighted by molar-refractivity contribution is 7.14. The average Bonchev–Trinajstić information content (AvgIpc) is 3.37. The molecule has 2 saturated carbocycles. The third-order valence-electron chi connectivity index (χ3n) is 6.00. The summed E-state index contributed by atoms with van der Waals surface area (Å²) >= 11 is 1.47. The number of hydrogen-bond donors (Lipinski definition) is 2. The summed E-state index contributed by atoms with van der Waals surface area (Å²) in [4.78, 5) is 17.3. The van der Waals surface area contributed by atoms with Crippen LogP contribution in [0.4, 0.5) is 5.13 Å². The predicted molar refractivity (Wildman–Crippen MR) is 105 cm³/mol. The number of halogens is 1. The van der Waals surface area contributed by atoms with Gasteiger partial charge in [-0.15, -0.1) is 23.7 Å². The SMILES string of the molecule is Cl.NC1C2CCC(C2)C1C(=O)Nc1nc(-c2ccc3c(c2)CCO3)cs1. The molecule has 3 aliphatic rings. The second-order valence-electron chi connectivity index (χ2n) is 7.38. The maximum absolute atomic E-state index is 12.7. The lowest BCUT2D eigenvalue weighted by Crippen LogP contribution is -2.42. The number of nitrogens with zero attached hydrogens (tertiary/aromatic N) is 1. The Hall–Kier alpha value is -1.63. The van der Waals surface area contributed by atoms with E-state index in [9.17, 15) is 4.79 Å². The monoisotopic (exact) mass is 391 g/mol. The van der Waals surface area contributed by atoms with Gasteiger partial charge in [-0.3, -0.25) is 4.79 Å². The molecule has 26 heavy (non-hydrogen) atoms. The molecule has 1 aromatic carbocycles. The molecule has 0 saturated heterocycles. The van der Waals surface area contributed by atoms with E-state index in [1.54, 1.807) is 0 Å². The molecule has 3 N–H and O–H groups in total. The number of nitrogens with one attached hydrogen (secondary N) is 1. The van der Waals surface area contributed by atoms with Crippen LogP contribution in [0, 0.1) is 17.8 Å². The fourth-order valence-corrected chi connectivity index (χ4v) is 5.45. The molecule has 5 nitrogen and oxygen atoms in total. The lowest BCUT2D eigenvalue weighted by molar-refractivity contribution is -0.121. The van der Waals surface area contributed by atoms with Crippen molar-refractivity contribution in [3.05, 3.63) is 29.1 Å². The van der Waals surface area contributed by atoms with Gasteiger partial charge in [0.15, 0.2) is 5.13 Å². The van der Waals surface area contributed by atoms with Crippen LogP contribution < -0.4 is 15.8 Å². The van der Waals surface area contributed by atoms with Gasteiger partial charge in [-0.1, -0.05) is 0 Å². The summed E-state index contributed by atoms with van der Waals surface area (Å²) in [5.74, 6) is 1.95. The molecule has 1 aliphatic heterocycles. The van der Waals surface area contributed by atoms with Crippen molar-refractivity contribution < 1.29 is 9.53 Å². The molecular weight excluding hydrogens is 370 g/mol. The zero-order valence-electron chi connectivity index (χ0n) is 14.3. The number of carbonyl (C=O) groups excluding carboxylic acids is 1. The van der Waals surface area contributed by atoms with Crippen molar-refractivity contribution >= 4 is 34.8 Å². The van der Waals surface area contributed by atoms with Crippen molar-refractivity contribution in [3.63, 3.8) is 0 Å². The summed E-state index contributed by atoms with van der Waals surface area (Å²) < 4.78 is 5.55. The summed E-state index contributed by atoms with van der Waals surface area (Å²) in [6.07, 6.45) is 4.37. The van der Waals surface area contributed by atoms with Crippen LogP contribution in [0.1, 0.15) is 24.8 Å². The van der Waals surface area contributed by atoms with Crippen LogP contribution in [0.25, 0.3) is 11.3 Å². The lowest BCUT2D eigenvalue weighted by atomic mass is 9.84. The first kappa shape index (κ1) is 17.8. The predicted octanol–water partition coefficient (Wildman–Crippen LogP) is 3.48. The smallest absolute Gasteiger partial charge is 0.231 e. The molecule has 1 aromatic heterocycles. The van der Waals surface area contributed by atoms with Crippen molar-refractivity contribution in [3.8, 4) is 17.0 Å². The van der Waals surface area contributed by atoms with Crippen molar-refractivity contribution in [1.82, 2.24) is 4.98 Å². The van der Waals surface area contributed by atoms with E-state index in [0.717, 1.165) is 42.9 Å². The van der Waals surface area contributed by atoms with E-state index >= 15 is 0 Å². The second-order valence-corrected chi connectivity index (χ2v) is 8.24. The molecule has 2 aromatic rings. The van der Waals surface area contributed by atoms with Gasteiger partial charge in [0.05, 0.1) is 18.2 Å². The summed E-state index contributed by atoms with van der Waals surface area (Å²) in [5, 5.41) is 5.66. The summed E-state index contributed by atoms with van der Waals surface area (Å²) in [6, 6.07) is 6.17. The number of rotatable bonds is 3. The van der Waals surface area contributed by atoms with Crippen LogP contribution in [-0.4, -0.2) is 23.5 Å². The number of anilines is 1. The average molecular weight is 392 g/mol. The van der Waals surface area contributed by atoms with Crippen LogP contribution in [0.3, 0.4) is 0 Å². The van der Waals surface area contributed by atoms with E-state index in [4.69, 9.17) is 10.5 Å². The fraction of sp³-hybridized carbons (Fsp3) is 0.474. The van der Waals surface area contributed by atoms with E-state index in [1.165, 1.54) is 23.3 Å². The highest BCUT2D eigenvalue weighted by Gasteiger charge is 2.49. The van der Waals surface area contributed by atoms with Crippen molar-refractivity contribution in [1.29, 1.82) is 0 Å². The van der Waals surface area contributed by atoms with Gasteiger partial charge in [-0.05, 0) is 54.9 Å². The third-order valence-corrected chi connectivity index (χ3v) is 6.76. The number of aromatic nitrogens is 1. The first-order valence-corrected chi connectivity index (χ1v) is 9.85. The van der Waals surface area contributed by atoms with Crippen LogP contribution in [0.15, 0.2) is 23.6 Å². The largest absolute Gasteiger partial charge is 0.493 e. The standard InChI is InChI=1S/C19H21N3O2S.ClH/c20-17-13-2-1-12(8-13)16(17)18(23)22-19-21-14(9-25-19)10-3-4-15-11(7-10)5-6-24-15;/h3-4,7,9,12-13,16-17H,1-2,5-6,8,20H2,(H,21,22,23);1H. The Balaban J connectivity index is 0.00000168. The minimum atomic E-state index is -0.0526. The van der Waals surface area contributed by atoms with E-state index in [2.05, 4.69) is 16.4 Å². The van der Waals surface area contributed by atoms with Crippen molar-refractivity contribution in [2.24, 2.45) is 23.5 Å². The lowest BCUT2D eigenvalue weighted by Gasteiger charge is -2.26. The molecule has 4 unspecified atom stereocenters. The van der Waals surface area contributed by atoms with E-state index < -0.39 is 0 Å². The van der Waals surface area contributed by atoms with E-state index in [1.807, 2.05) is 17.5 Å². The Morgan fingerprint density at radius 2 is 2.15 bits per heavy atom. The summed E-state index contributed by atoms with van der Waals surface area (Å²) in [6.45, 7) is 0.751. The molecule has 2 heterocycles. The van der Waals surface area contributed by atoms with Crippen molar-refractivity contribution in [2.75, 3.05) is 11.9 Å². The Labute approximate surface area is 162 Å². The number of amides is 1. The van der Waals surface area contributed by atoms with Crippen molar-refractivity contribution in [2.45, 2.75) is 31.7 Å². The number of thiazole rings is 1. The highest BCUT2D eigenvalue weighted by Crippen LogP contribution is 2.48. The minimum Gasteiger partial charge on any atom is -0.493 e. The summed E-state index contributed by atoms with van der Waals surface area (Å²) in [5.41, 5.74) is 9.47. The van der Waals surface area contributed by atoms with Gasteiger partial charge >= 0.3 is 0 Å². The Morgan fingerprint density at radius 3 is 2.96 bits per heavy atom. The van der Waals surface area contributed by atoms with Gasteiger partial charge in [0.25, 0.3) is 0 Å². The van der Waals surface area contributed by atoms with Crippen LogP contribution in [0.2, 0.25) is 0 Å². The van der Waals surface area contributed by atoms with Gasteiger partial charge in [0, 0.05) is 23.4 Å². The Morgan fingerprint density at radius 1 is 1.31 bits per heavy atom. The second kappa shape index (κ2) is 6.83.